The molecule has 0 amide bonds. The van der Waals surface area contributed by atoms with E-state index in [0.29, 0.717) is 5.92 Å². The number of anilines is 1. The zero-order valence-electron chi connectivity index (χ0n) is 23.5. The van der Waals surface area contributed by atoms with Crippen molar-refractivity contribution in [3.63, 3.8) is 0 Å². The number of pyridine rings is 2. The van der Waals surface area contributed by atoms with Crippen LogP contribution in [0.2, 0.25) is 0 Å². The summed E-state index contributed by atoms with van der Waals surface area (Å²) in [6, 6.07) is 15.5. The first-order chi connectivity index (χ1) is 19.6. The smallest absolute Gasteiger partial charge is 0.153 e. The van der Waals surface area contributed by atoms with Crippen molar-refractivity contribution in [2.24, 2.45) is 13.0 Å². The molecule has 2 fully saturated rings. The molecular formula is C31H36N8O. The van der Waals surface area contributed by atoms with E-state index in [1.165, 1.54) is 11.1 Å². The van der Waals surface area contributed by atoms with Gasteiger partial charge in [-0.2, -0.15) is 0 Å². The Bertz CT molecular complexity index is 1630. The topological polar surface area (TPSA) is 77.1 Å². The molecule has 0 N–H and O–H groups in total. The fourth-order valence-electron chi connectivity index (χ4n) is 6.67. The van der Waals surface area contributed by atoms with Gasteiger partial charge in [0.05, 0.1) is 34.0 Å². The van der Waals surface area contributed by atoms with Crippen LogP contribution >= 0.6 is 0 Å². The highest BCUT2D eigenvalue weighted by molar-refractivity contribution is 6.10. The van der Waals surface area contributed by atoms with Crippen LogP contribution in [-0.2, 0) is 11.8 Å². The maximum atomic E-state index is 5.84. The second kappa shape index (κ2) is 10.3. The molecule has 6 heterocycles. The van der Waals surface area contributed by atoms with Gasteiger partial charge in [-0.1, -0.05) is 35.5 Å². The normalized spacial score (nSPS) is 18.1. The number of likely N-dealkylation sites (N-methyl/N-ethyl adjacent to an activating group) is 1. The van der Waals surface area contributed by atoms with Crippen molar-refractivity contribution in [1.82, 2.24) is 34.4 Å². The van der Waals surface area contributed by atoms with Gasteiger partial charge < -0.3 is 19.1 Å². The third-order valence-corrected chi connectivity index (χ3v) is 8.73. The number of hydrogen-bond donors (Lipinski definition) is 0. The number of ether oxygens (including phenoxy) is 1. The van der Waals surface area contributed by atoms with E-state index in [4.69, 9.17) is 14.7 Å². The van der Waals surface area contributed by atoms with Gasteiger partial charge in [0.2, 0.25) is 0 Å². The van der Waals surface area contributed by atoms with E-state index in [1.807, 2.05) is 31.0 Å². The fraction of sp³-hybridized carbons (Fsp3) is 0.419. The molecule has 5 aromatic rings. The Morgan fingerprint density at radius 2 is 1.73 bits per heavy atom. The second-order valence-corrected chi connectivity index (χ2v) is 11.2. The maximum absolute atomic E-state index is 5.84. The molecule has 0 unspecified atom stereocenters. The highest BCUT2D eigenvalue weighted by Crippen LogP contribution is 2.43. The molecule has 0 aliphatic carbocycles. The maximum Gasteiger partial charge on any atom is 0.153 e. The molecule has 0 radical (unpaired) electrons. The van der Waals surface area contributed by atoms with Crippen molar-refractivity contribution in [2.45, 2.75) is 25.8 Å². The lowest BCUT2D eigenvalue weighted by Crippen LogP contribution is -2.45. The number of piperazine rings is 1. The van der Waals surface area contributed by atoms with Gasteiger partial charge in [0.15, 0.2) is 5.82 Å². The highest BCUT2D eigenvalue weighted by Gasteiger charge is 2.32. The lowest BCUT2D eigenvalue weighted by atomic mass is 9.86. The summed E-state index contributed by atoms with van der Waals surface area (Å²) in [5.74, 6) is 1.48. The fourth-order valence-corrected chi connectivity index (χ4v) is 6.67. The summed E-state index contributed by atoms with van der Waals surface area (Å²) in [6.45, 7) is 7.54. The summed E-state index contributed by atoms with van der Waals surface area (Å²) in [6.07, 6.45) is 5.96. The van der Waals surface area contributed by atoms with Crippen LogP contribution in [0.15, 0.2) is 54.9 Å². The predicted molar refractivity (Wildman–Crippen MR) is 158 cm³/mol. The number of fused-ring (bicyclic) bond motifs is 3. The molecule has 2 aliphatic rings. The highest BCUT2D eigenvalue weighted by atomic mass is 16.5. The van der Waals surface area contributed by atoms with Crippen LogP contribution in [0.3, 0.4) is 0 Å². The number of aryl methyl sites for hydroxylation is 2. The van der Waals surface area contributed by atoms with Gasteiger partial charge in [-0.25, -0.2) is 9.67 Å². The minimum absolute atomic E-state index is 0.128. The molecule has 4 aromatic heterocycles. The van der Waals surface area contributed by atoms with Crippen molar-refractivity contribution in [2.75, 3.05) is 51.3 Å². The zero-order chi connectivity index (χ0) is 27.2. The largest absolute Gasteiger partial charge is 0.381 e. The molecule has 0 spiro atoms. The van der Waals surface area contributed by atoms with Crippen molar-refractivity contribution in [3.05, 3.63) is 66.1 Å². The van der Waals surface area contributed by atoms with Gasteiger partial charge in [-0.05, 0) is 50.4 Å². The first kappa shape index (κ1) is 25.2. The summed E-state index contributed by atoms with van der Waals surface area (Å²) >= 11 is 0. The van der Waals surface area contributed by atoms with Crippen molar-refractivity contribution in [3.8, 4) is 11.3 Å². The SMILES string of the molecule is Cc1nnn(C)c1-c1cnc2c3ccnc(N4CCN(C)CC4)c3n([C@H](c3ccccc3)C3CCOCC3)c2c1. The quantitative estimate of drug-likeness (QED) is 0.328. The minimum Gasteiger partial charge on any atom is -0.381 e. The van der Waals surface area contributed by atoms with E-state index in [2.05, 4.69) is 74.2 Å². The molecule has 206 valence electrons. The molecule has 0 saturated carbocycles. The standard InChI is InChI=1S/C31H36N8O/c1-21-28(37(3)35-34-21)24-19-26-27(33-20-24)25-9-12-32-31(38-15-13-36(2)14-16-38)30(25)39(26)29(22-7-5-4-6-8-22)23-10-17-40-18-11-23/h4-9,12,19-20,23,29H,10-11,13-18H2,1-3H3/t29-/m1/s1. The summed E-state index contributed by atoms with van der Waals surface area (Å²) in [5.41, 5.74) is 7.53. The molecule has 7 rings (SSSR count). The number of nitrogens with zero attached hydrogens (tertiary/aromatic N) is 8. The number of aromatic nitrogens is 6. The molecule has 9 nitrogen and oxygen atoms in total. The van der Waals surface area contributed by atoms with Crippen LogP contribution in [0.1, 0.15) is 30.1 Å². The van der Waals surface area contributed by atoms with Crippen LogP contribution in [0.4, 0.5) is 5.82 Å². The van der Waals surface area contributed by atoms with Crippen LogP contribution in [-0.4, -0.2) is 80.9 Å². The molecule has 2 aliphatic heterocycles. The Hall–Kier alpha value is -3.82. The molecule has 2 saturated heterocycles. The number of hydrogen-bond acceptors (Lipinski definition) is 7. The summed E-state index contributed by atoms with van der Waals surface area (Å²) < 4.78 is 10.2. The molecular weight excluding hydrogens is 500 g/mol. The number of rotatable bonds is 5. The van der Waals surface area contributed by atoms with Gasteiger partial charge in [0.1, 0.15) is 0 Å². The van der Waals surface area contributed by atoms with Crippen LogP contribution < -0.4 is 4.90 Å². The van der Waals surface area contributed by atoms with E-state index in [0.717, 1.165) is 91.4 Å². The van der Waals surface area contributed by atoms with E-state index in [1.54, 1.807) is 0 Å². The molecule has 1 aromatic carbocycles. The monoisotopic (exact) mass is 536 g/mol. The van der Waals surface area contributed by atoms with Gasteiger partial charge >= 0.3 is 0 Å². The Labute approximate surface area is 234 Å². The minimum atomic E-state index is 0.128. The molecule has 40 heavy (non-hydrogen) atoms. The molecule has 0 bridgehead atoms. The van der Waals surface area contributed by atoms with Crippen molar-refractivity contribution < 1.29 is 4.74 Å². The first-order valence-electron chi connectivity index (χ1n) is 14.3. The lowest BCUT2D eigenvalue weighted by Gasteiger charge is -2.36. The van der Waals surface area contributed by atoms with E-state index in [-0.39, 0.29) is 6.04 Å². The average molecular weight is 537 g/mol. The van der Waals surface area contributed by atoms with Crippen LogP contribution in [0.25, 0.3) is 33.2 Å². The van der Waals surface area contributed by atoms with Gasteiger partial charge in [0, 0.05) is 69.8 Å². The predicted octanol–water partition coefficient (Wildman–Crippen LogP) is 4.46. The van der Waals surface area contributed by atoms with E-state index < -0.39 is 0 Å². The summed E-state index contributed by atoms with van der Waals surface area (Å²) in [5, 5.41) is 9.74. The average Bonchev–Trinajstić information content (AvgIpc) is 3.50. The van der Waals surface area contributed by atoms with Gasteiger partial charge in [-0.15, -0.1) is 5.10 Å². The first-order valence-corrected chi connectivity index (χ1v) is 14.3. The third kappa shape index (κ3) is 4.24. The number of benzene rings is 1. The summed E-state index contributed by atoms with van der Waals surface area (Å²) in [7, 11) is 4.14. The Morgan fingerprint density at radius 3 is 2.45 bits per heavy atom. The van der Waals surface area contributed by atoms with Crippen LogP contribution in [0.5, 0.6) is 0 Å². The zero-order valence-corrected chi connectivity index (χ0v) is 23.5. The Kier molecular flexibility index (Phi) is 6.48. The summed E-state index contributed by atoms with van der Waals surface area (Å²) in [4.78, 5) is 15.0. The molecule has 9 heteroatoms. The lowest BCUT2D eigenvalue weighted by molar-refractivity contribution is 0.0553. The Balaban J connectivity index is 1.54. The third-order valence-electron chi connectivity index (χ3n) is 8.73. The second-order valence-electron chi connectivity index (χ2n) is 11.2. The van der Waals surface area contributed by atoms with Crippen LogP contribution in [0, 0.1) is 12.8 Å². The van der Waals surface area contributed by atoms with Gasteiger partial charge in [0.25, 0.3) is 0 Å². The Morgan fingerprint density at radius 1 is 0.950 bits per heavy atom. The van der Waals surface area contributed by atoms with E-state index in [9.17, 15) is 0 Å². The van der Waals surface area contributed by atoms with Gasteiger partial charge in [-0.3, -0.25) is 4.98 Å². The molecule has 1 atom stereocenters. The van der Waals surface area contributed by atoms with Crippen molar-refractivity contribution in [1.29, 1.82) is 0 Å². The van der Waals surface area contributed by atoms with Crippen molar-refractivity contribution >= 4 is 27.8 Å². The van der Waals surface area contributed by atoms with E-state index >= 15 is 0 Å².